The van der Waals surface area contributed by atoms with Crippen LogP contribution in [0.15, 0.2) is 62.3 Å². The minimum absolute atomic E-state index is 0.148. The van der Waals surface area contributed by atoms with Crippen molar-refractivity contribution in [1.29, 1.82) is 0 Å². The molecule has 0 aliphatic rings. The zero-order valence-corrected chi connectivity index (χ0v) is 19.8. The summed E-state index contributed by atoms with van der Waals surface area (Å²) in [5.74, 6) is -0.857. The molecule has 0 aliphatic carbocycles. The van der Waals surface area contributed by atoms with E-state index in [2.05, 4.69) is 32.9 Å². The van der Waals surface area contributed by atoms with Gasteiger partial charge in [-0.2, -0.15) is 0 Å². The first-order valence-electron chi connectivity index (χ1n) is 9.65. The lowest BCUT2D eigenvalue weighted by Gasteiger charge is -2.13. The Labute approximate surface area is 183 Å². The van der Waals surface area contributed by atoms with Crippen LogP contribution in [0.2, 0.25) is 0 Å². The van der Waals surface area contributed by atoms with Gasteiger partial charge in [0.05, 0.1) is 25.9 Å². The molecule has 0 heterocycles. The molecule has 0 amide bonds. The molecule has 30 heavy (non-hydrogen) atoms. The fourth-order valence-corrected chi connectivity index (χ4v) is 1.12. The number of carbonyl (C=O) groups excluding carboxylic acids is 2. The number of hydrogen-bond donors (Lipinski definition) is 0. The molecule has 0 fully saturated rings. The third-order valence-corrected chi connectivity index (χ3v) is 2.23. The maximum absolute atomic E-state index is 11.1. The SMILES string of the molecule is C=C(C)C(=O)OCCOCC(C)OCCOC(=O)C(=C)C.C=CC.C=CC.C=CC. The highest BCUT2D eigenvalue weighted by atomic mass is 16.6. The summed E-state index contributed by atoms with van der Waals surface area (Å²) in [7, 11) is 0. The number of hydrogen-bond acceptors (Lipinski definition) is 6. The summed E-state index contributed by atoms with van der Waals surface area (Å²) < 4.78 is 20.4. The largest absolute Gasteiger partial charge is 0.460 e. The number of rotatable bonds is 11. The second-order valence-corrected chi connectivity index (χ2v) is 5.81. The van der Waals surface area contributed by atoms with Crippen LogP contribution in [0.25, 0.3) is 0 Å². The first-order chi connectivity index (χ1) is 14.1. The molecule has 6 heteroatoms. The smallest absolute Gasteiger partial charge is 0.333 e. The summed E-state index contributed by atoms with van der Waals surface area (Å²) >= 11 is 0. The average Bonchev–Trinajstić information content (AvgIpc) is 2.66. The lowest BCUT2D eigenvalue weighted by atomic mass is 10.4. The van der Waals surface area contributed by atoms with Crippen molar-refractivity contribution in [3.63, 3.8) is 0 Å². The molecule has 1 atom stereocenters. The Kier molecular flexibility index (Phi) is 33.6. The molecule has 1 unspecified atom stereocenters. The van der Waals surface area contributed by atoms with Crippen LogP contribution in [0.1, 0.15) is 41.5 Å². The minimum Gasteiger partial charge on any atom is -0.460 e. The fourth-order valence-electron chi connectivity index (χ4n) is 1.12. The summed E-state index contributed by atoms with van der Waals surface area (Å²) in [6, 6.07) is 0. The molecule has 0 spiro atoms. The van der Waals surface area contributed by atoms with Crippen molar-refractivity contribution in [3.8, 4) is 0 Å². The van der Waals surface area contributed by atoms with Crippen LogP contribution in [-0.2, 0) is 28.5 Å². The molecule has 0 saturated heterocycles. The number of allylic oxidation sites excluding steroid dienone is 3. The predicted molar refractivity (Wildman–Crippen MR) is 125 cm³/mol. The van der Waals surface area contributed by atoms with E-state index in [0.29, 0.717) is 17.8 Å². The summed E-state index contributed by atoms with van der Waals surface area (Å²) in [5.41, 5.74) is 0.715. The predicted octanol–water partition coefficient (Wildman–Crippen LogP) is 5.22. The van der Waals surface area contributed by atoms with E-state index < -0.39 is 11.9 Å². The van der Waals surface area contributed by atoms with Gasteiger partial charge in [-0.05, 0) is 41.5 Å². The van der Waals surface area contributed by atoms with Crippen LogP contribution in [0.3, 0.4) is 0 Å². The quantitative estimate of drug-likeness (QED) is 0.195. The minimum atomic E-state index is -0.429. The van der Waals surface area contributed by atoms with Gasteiger partial charge in [0.1, 0.15) is 13.2 Å². The monoisotopic (exact) mass is 426 g/mol. The van der Waals surface area contributed by atoms with Crippen molar-refractivity contribution in [2.45, 2.75) is 47.6 Å². The lowest BCUT2D eigenvalue weighted by Crippen LogP contribution is -2.21. The van der Waals surface area contributed by atoms with E-state index in [9.17, 15) is 9.59 Å². The summed E-state index contributed by atoms with van der Waals surface area (Å²) in [5, 5.41) is 0. The first-order valence-corrected chi connectivity index (χ1v) is 9.65. The van der Waals surface area contributed by atoms with Crippen LogP contribution in [0.4, 0.5) is 0 Å². The van der Waals surface area contributed by atoms with Crippen molar-refractivity contribution < 1.29 is 28.5 Å². The molecule has 0 N–H and O–H groups in total. The highest BCUT2D eigenvalue weighted by Crippen LogP contribution is 1.96. The maximum Gasteiger partial charge on any atom is 0.333 e. The molecule has 0 bridgehead atoms. The molecule has 0 aromatic heterocycles. The van der Waals surface area contributed by atoms with E-state index in [1.54, 1.807) is 32.1 Å². The van der Waals surface area contributed by atoms with E-state index in [0.717, 1.165) is 0 Å². The fraction of sp³-hybridized carbons (Fsp3) is 0.500. The van der Waals surface area contributed by atoms with Crippen molar-refractivity contribution >= 4 is 11.9 Å². The van der Waals surface area contributed by atoms with Gasteiger partial charge in [-0.1, -0.05) is 31.4 Å². The van der Waals surface area contributed by atoms with Crippen LogP contribution < -0.4 is 0 Å². The van der Waals surface area contributed by atoms with E-state index >= 15 is 0 Å². The van der Waals surface area contributed by atoms with E-state index in [4.69, 9.17) is 18.9 Å². The molecular formula is C24H42O6. The highest BCUT2D eigenvalue weighted by Gasteiger charge is 2.06. The summed E-state index contributed by atoms with van der Waals surface area (Å²) in [4.78, 5) is 22.2. The van der Waals surface area contributed by atoms with Gasteiger partial charge in [0.25, 0.3) is 0 Å². The molecule has 0 saturated carbocycles. The van der Waals surface area contributed by atoms with Gasteiger partial charge in [0.2, 0.25) is 0 Å². The molecule has 0 aromatic rings. The zero-order chi connectivity index (χ0) is 24.4. The van der Waals surface area contributed by atoms with Crippen LogP contribution in [-0.4, -0.2) is 51.1 Å². The van der Waals surface area contributed by atoms with Gasteiger partial charge in [0.15, 0.2) is 0 Å². The van der Waals surface area contributed by atoms with Gasteiger partial charge in [-0.3, -0.25) is 0 Å². The Morgan fingerprint density at radius 2 is 1.10 bits per heavy atom. The van der Waals surface area contributed by atoms with Gasteiger partial charge >= 0.3 is 11.9 Å². The number of carbonyl (C=O) groups is 2. The Morgan fingerprint density at radius 3 is 1.43 bits per heavy atom. The van der Waals surface area contributed by atoms with Gasteiger partial charge in [-0.15, -0.1) is 19.7 Å². The molecule has 0 rings (SSSR count). The third-order valence-electron chi connectivity index (χ3n) is 2.23. The molecular weight excluding hydrogens is 384 g/mol. The van der Waals surface area contributed by atoms with E-state index in [1.807, 2.05) is 27.7 Å². The van der Waals surface area contributed by atoms with Crippen LogP contribution >= 0.6 is 0 Å². The average molecular weight is 427 g/mol. The van der Waals surface area contributed by atoms with Crippen LogP contribution in [0.5, 0.6) is 0 Å². The van der Waals surface area contributed by atoms with Crippen molar-refractivity contribution in [2.75, 3.05) is 33.0 Å². The van der Waals surface area contributed by atoms with E-state index in [1.165, 1.54) is 0 Å². The Bertz CT molecular complexity index is 480. The molecule has 6 nitrogen and oxygen atoms in total. The zero-order valence-electron chi connectivity index (χ0n) is 19.8. The molecule has 0 aliphatic heterocycles. The second kappa shape index (κ2) is 28.8. The highest BCUT2D eigenvalue weighted by molar-refractivity contribution is 5.87. The van der Waals surface area contributed by atoms with E-state index in [-0.39, 0.29) is 32.5 Å². The van der Waals surface area contributed by atoms with Crippen molar-refractivity contribution in [1.82, 2.24) is 0 Å². The molecule has 174 valence electrons. The Balaban J connectivity index is -0.000000318. The second-order valence-electron chi connectivity index (χ2n) is 5.81. The number of esters is 2. The van der Waals surface area contributed by atoms with Crippen LogP contribution in [0, 0.1) is 0 Å². The van der Waals surface area contributed by atoms with Gasteiger partial charge in [0, 0.05) is 11.1 Å². The molecule has 0 aromatic carbocycles. The summed E-state index contributed by atoms with van der Waals surface area (Å²) in [6.45, 7) is 29.0. The van der Waals surface area contributed by atoms with Gasteiger partial charge < -0.3 is 18.9 Å². The molecule has 0 radical (unpaired) electrons. The van der Waals surface area contributed by atoms with Gasteiger partial charge in [-0.25, -0.2) is 9.59 Å². The number of ether oxygens (including phenoxy) is 4. The first kappa shape index (κ1) is 35.0. The normalized spacial score (nSPS) is 9.40. The summed E-state index contributed by atoms with van der Waals surface area (Å²) in [6.07, 6.45) is 5.10. The maximum atomic E-state index is 11.1. The lowest BCUT2D eigenvalue weighted by molar-refractivity contribution is -0.143. The third kappa shape index (κ3) is 36.5. The van der Waals surface area contributed by atoms with Crippen molar-refractivity contribution in [3.05, 3.63) is 62.3 Å². The standard InChI is InChI=1S/C15H24O6.3C3H6/c1-11(2)14(16)20-7-6-18-10-13(5)19-8-9-21-15(17)12(3)4;3*1-3-2/h13H,1,3,6-10H2,2,4-5H3;3*3H,1H2,2H3. The van der Waals surface area contributed by atoms with Crippen molar-refractivity contribution in [2.24, 2.45) is 0 Å². The Morgan fingerprint density at radius 1 is 0.767 bits per heavy atom. The topological polar surface area (TPSA) is 71.1 Å². The Hall–Kier alpha value is -2.44.